The zero-order valence-corrected chi connectivity index (χ0v) is 13.8. The second-order valence-electron chi connectivity index (χ2n) is 5.21. The molecule has 0 amide bonds. The second-order valence-corrected chi connectivity index (χ2v) is 5.62. The van der Waals surface area contributed by atoms with Gasteiger partial charge in [-0.15, -0.1) is 0 Å². The number of nitro groups is 1. The predicted molar refractivity (Wildman–Crippen MR) is 92.3 cm³/mol. The molecule has 1 aromatic rings. The highest BCUT2D eigenvalue weighted by molar-refractivity contribution is 7.80. The lowest BCUT2D eigenvalue weighted by molar-refractivity contribution is -0.384. The number of benzene rings is 1. The zero-order valence-electron chi connectivity index (χ0n) is 13.0. The molecular weight excluding hydrogens is 302 g/mol. The zero-order chi connectivity index (χ0) is 16.5. The normalized spacial score (nSPS) is 11.7. The fraction of sp³-hybridized carbons (Fsp3) is 0.533. The van der Waals surface area contributed by atoms with Crippen LogP contribution in [0.25, 0.3) is 0 Å². The molecule has 3 N–H and O–H groups in total. The van der Waals surface area contributed by atoms with E-state index >= 15 is 0 Å². The first-order valence-electron chi connectivity index (χ1n) is 7.50. The van der Waals surface area contributed by atoms with E-state index in [2.05, 4.69) is 24.5 Å². The summed E-state index contributed by atoms with van der Waals surface area (Å²) in [5, 5.41) is 26.8. The molecule has 0 bridgehead atoms. The average molecular weight is 325 g/mol. The number of hydrogen-bond acceptors (Lipinski definition) is 4. The van der Waals surface area contributed by atoms with Gasteiger partial charge in [-0.3, -0.25) is 10.1 Å². The fourth-order valence-electron chi connectivity index (χ4n) is 2.08. The van der Waals surface area contributed by atoms with Crippen molar-refractivity contribution in [3.63, 3.8) is 0 Å². The van der Waals surface area contributed by atoms with Gasteiger partial charge in [0.1, 0.15) is 5.75 Å². The maximum Gasteiger partial charge on any atom is 0.271 e. The Morgan fingerprint density at radius 2 is 2.18 bits per heavy atom. The standard InChI is InChI=1S/C15H23N3O3S/c1-3-5-6-11(4-2)10-16-15(22)17-13-9-12(18(20)21)7-8-14(13)19/h7-9,11,19H,3-6,10H2,1-2H3,(H2,16,17,22)/t11-/m1/s1. The van der Waals surface area contributed by atoms with E-state index in [0.29, 0.717) is 11.0 Å². The average Bonchev–Trinajstić information content (AvgIpc) is 2.49. The van der Waals surface area contributed by atoms with Crippen molar-refractivity contribution in [3.8, 4) is 5.75 Å². The van der Waals surface area contributed by atoms with Crippen LogP contribution >= 0.6 is 12.2 Å². The summed E-state index contributed by atoms with van der Waals surface area (Å²) in [6.07, 6.45) is 4.56. The lowest BCUT2D eigenvalue weighted by atomic mass is 9.99. The summed E-state index contributed by atoms with van der Waals surface area (Å²) in [6, 6.07) is 3.78. The first-order chi connectivity index (χ1) is 10.5. The van der Waals surface area contributed by atoms with E-state index in [9.17, 15) is 15.2 Å². The van der Waals surface area contributed by atoms with Gasteiger partial charge in [0, 0.05) is 18.7 Å². The number of non-ortho nitro benzene ring substituents is 1. The van der Waals surface area contributed by atoms with Gasteiger partial charge < -0.3 is 15.7 Å². The van der Waals surface area contributed by atoms with E-state index in [-0.39, 0.29) is 17.1 Å². The Morgan fingerprint density at radius 3 is 2.77 bits per heavy atom. The van der Waals surface area contributed by atoms with Crippen LogP contribution in [0.4, 0.5) is 11.4 Å². The van der Waals surface area contributed by atoms with E-state index in [0.717, 1.165) is 19.4 Å². The third-order valence-electron chi connectivity index (χ3n) is 3.53. The maximum absolute atomic E-state index is 10.8. The monoisotopic (exact) mass is 325 g/mol. The first-order valence-corrected chi connectivity index (χ1v) is 7.91. The van der Waals surface area contributed by atoms with Crippen LogP contribution in [-0.2, 0) is 0 Å². The minimum Gasteiger partial charge on any atom is -0.506 e. The Labute approximate surface area is 136 Å². The SMILES string of the molecule is CCCC[C@@H](CC)CNC(=S)Nc1cc([N+](=O)[O-])ccc1O. The number of phenols is 1. The molecule has 1 rings (SSSR count). The van der Waals surface area contributed by atoms with Crippen LogP contribution in [0, 0.1) is 16.0 Å². The number of unbranched alkanes of at least 4 members (excludes halogenated alkanes) is 1. The quantitative estimate of drug-likeness (QED) is 0.292. The van der Waals surface area contributed by atoms with Crippen LogP contribution in [0.1, 0.15) is 39.5 Å². The van der Waals surface area contributed by atoms with Crippen LogP contribution in [0.3, 0.4) is 0 Å². The summed E-state index contributed by atoms with van der Waals surface area (Å²) in [5.74, 6) is 0.464. The molecule has 7 heteroatoms. The van der Waals surface area contributed by atoms with Gasteiger partial charge >= 0.3 is 0 Å². The molecule has 0 fully saturated rings. The highest BCUT2D eigenvalue weighted by Gasteiger charge is 2.12. The van der Waals surface area contributed by atoms with Crippen molar-refractivity contribution in [1.82, 2.24) is 5.32 Å². The number of nitrogens with zero attached hydrogens (tertiary/aromatic N) is 1. The predicted octanol–water partition coefficient (Wildman–Crippen LogP) is 3.80. The van der Waals surface area contributed by atoms with Crippen LogP contribution in [-0.4, -0.2) is 21.7 Å². The number of aromatic hydroxyl groups is 1. The fourth-order valence-corrected chi connectivity index (χ4v) is 2.28. The second kappa shape index (κ2) is 9.19. The Morgan fingerprint density at radius 1 is 1.45 bits per heavy atom. The number of hydrogen-bond donors (Lipinski definition) is 3. The number of thiocarbonyl (C=S) groups is 1. The molecule has 0 aliphatic heterocycles. The molecule has 1 aromatic carbocycles. The molecule has 0 heterocycles. The minimum absolute atomic E-state index is 0.0761. The van der Waals surface area contributed by atoms with Crippen LogP contribution < -0.4 is 10.6 Å². The number of rotatable bonds is 8. The van der Waals surface area contributed by atoms with E-state index in [1.54, 1.807) is 0 Å². The molecule has 0 aliphatic rings. The summed E-state index contributed by atoms with van der Waals surface area (Å²) in [7, 11) is 0. The Hall–Kier alpha value is -1.89. The van der Waals surface area contributed by atoms with Crippen molar-refractivity contribution in [1.29, 1.82) is 0 Å². The van der Waals surface area contributed by atoms with Gasteiger partial charge in [0.25, 0.3) is 5.69 Å². The number of anilines is 1. The van der Waals surface area contributed by atoms with Gasteiger partial charge in [-0.1, -0.05) is 33.1 Å². The van der Waals surface area contributed by atoms with Gasteiger partial charge in [0.2, 0.25) is 0 Å². The Balaban J connectivity index is 2.57. The first kappa shape index (κ1) is 18.2. The number of phenolic OH excluding ortho intramolecular Hbond substituents is 1. The lowest BCUT2D eigenvalue weighted by Crippen LogP contribution is -2.32. The molecule has 22 heavy (non-hydrogen) atoms. The summed E-state index contributed by atoms with van der Waals surface area (Å²) in [4.78, 5) is 10.2. The molecule has 1 atom stereocenters. The largest absolute Gasteiger partial charge is 0.506 e. The molecular formula is C15H23N3O3S. The van der Waals surface area contributed by atoms with E-state index in [1.165, 1.54) is 31.0 Å². The third kappa shape index (κ3) is 5.85. The van der Waals surface area contributed by atoms with Crippen LogP contribution in [0.2, 0.25) is 0 Å². The van der Waals surface area contributed by atoms with E-state index in [4.69, 9.17) is 12.2 Å². The van der Waals surface area contributed by atoms with Crippen molar-refractivity contribution in [3.05, 3.63) is 28.3 Å². The van der Waals surface area contributed by atoms with Crippen LogP contribution in [0.5, 0.6) is 5.75 Å². The van der Waals surface area contributed by atoms with Crippen molar-refractivity contribution in [2.75, 3.05) is 11.9 Å². The summed E-state index contributed by atoms with van der Waals surface area (Å²) in [5.41, 5.74) is 0.130. The number of nitro benzene ring substituents is 1. The number of nitrogens with one attached hydrogen (secondary N) is 2. The molecule has 0 radical (unpaired) electrons. The van der Waals surface area contributed by atoms with E-state index in [1.807, 2.05) is 0 Å². The summed E-state index contributed by atoms with van der Waals surface area (Å²) >= 11 is 5.18. The molecule has 0 saturated heterocycles. The highest BCUT2D eigenvalue weighted by Crippen LogP contribution is 2.27. The highest BCUT2D eigenvalue weighted by atomic mass is 32.1. The smallest absolute Gasteiger partial charge is 0.271 e. The van der Waals surface area contributed by atoms with Gasteiger partial charge in [0.05, 0.1) is 10.6 Å². The van der Waals surface area contributed by atoms with Crippen LogP contribution in [0.15, 0.2) is 18.2 Å². The molecule has 0 saturated carbocycles. The minimum atomic E-state index is -0.515. The Bertz CT molecular complexity index is 523. The molecule has 0 aliphatic carbocycles. The van der Waals surface area contributed by atoms with Crippen molar-refractivity contribution in [2.24, 2.45) is 5.92 Å². The molecule has 122 valence electrons. The van der Waals surface area contributed by atoms with Gasteiger partial charge in [-0.25, -0.2) is 0 Å². The van der Waals surface area contributed by atoms with E-state index < -0.39 is 4.92 Å². The molecule has 0 aromatic heterocycles. The molecule has 6 nitrogen and oxygen atoms in total. The lowest BCUT2D eigenvalue weighted by Gasteiger charge is -2.17. The van der Waals surface area contributed by atoms with Gasteiger partial charge in [-0.2, -0.15) is 0 Å². The summed E-state index contributed by atoms with van der Waals surface area (Å²) in [6.45, 7) is 5.06. The molecule has 0 unspecified atom stereocenters. The topological polar surface area (TPSA) is 87.4 Å². The third-order valence-corrected chi connectivity index (χ3v) is 3.78. The van der Waals surface area contributed by atoms with Crippen molar-refractivity contribution >= 4 is 28.7 Å². The van der Waals surface area contributed by atoms with Crippen molar-refractivity contribution in [2.45, 2.75) is 39.5 Å². The Kier molecular flexibility index (Phi) is 7.59. The van der Waals surface area contributed by atoms with Crippen molar-refractivity contribution < 1.29 is 10.0 Å². The molecule has 0 spiro atoms. The van der Waals surface area contributed by atoms with Gasteiger partial charge in [-0.05, 0) is 30.6 Å². The van der Waals surface area contributed by atoms with Gasteiger partial charge in [0.15, 0.2) is 5.11 Å². The summed E-state index contributed by atoms with van der Waals surface area (Å²) < 4.78 is 0. The maximum atomic E-state index is 10.8.